The molecule has 0 aromatic heterocycles. The number of hydrogen-bond donors (Lipinski definition) is 2. The average Bonchev–Trinajstić information content (AvgIpc) is 3.14. The summed E-state index contributed by atoms with van der Waals surface area (Å²) >= 11 is 6.27. The Hall–Kier alpha value is -3.39. The number of anilines is 1. The van der Waals surface area contributed by atoms with E-state index in [-0.39, 0.29) is 30.7 Å². The second kappa shape index (κ2) is 10.5. The van der Waals surface area contributed by atoms with Crippen LogP contribution in [0.25, 0.3) is 0 Å². The van der Waals surface area contributed by atoms with Crippen LogP contribution in [0.1, 0.15) is 53.2 Å². The number of rotatable bonds is 8. The molecule has 4 rings (SSSR count). The van der Waals surface area contributed by atoms with Crippen LogP contribution in [-0.4, -0.2) is 47.7 Å². The monoisotopic (exact) mass is 496 g/mol. The van der Waals surface area contributed by atoms with Gasteiger partial charge in [-0.25, -0.2) is 0 Å². The zero-order chi connectivity index (χ0) is 25.1. The number of carbonyl (C=O) groups is 4. The molecule has 184 valence electrons. The largest absolute Gasteiger partial charge is 0.362 e. The van der Waals surface area contributed by atoms with E-state index < -0.39 is 11.9 Å². The topological polar surface area (TPSA) is 98.8 Å². The van der Waals surface area contributed by atoms with Gasteiger partial charge in [-0.1, -0.05) is 36.7 Å². The molecule has 0 bridgehead atoms. The Morgan fingerprint density at radius 1 is 1.20 bits per heavy atom. The van der Waals surface area contributed by atoms with Gasteiger partial charge >= 0.3 is 0 Å². The molecule has 0 spiro atoms. The van der Waals surface area contributed by atoms with E-state index in [4.69, 9.17) is 11.6 Å². The predicted octanol–water partition coefficient (Wildman–Crippen LogP) is 2.94. The van der Waals surface area contributed by atoms with E-state index in [0.29, 0.717) is 30.1 Å². The van der Waals surface area contributed by atoms with Crippen LogP contribution in [0, 0.1) is 6.92 Å². The summed E-state index contributed by atoms with van der Waals surface area (Å²) < 4.78 is 0. The summed E-state index contributed by atoms with van der Waals surface area (Å²) in [4.78, 5) is 52.7. The molecule has 35 heavy (non-hydrogen) atoms. The molecule has 2 aliphatic rings. The van der Waals surface area contributed by atoms with Crippen LogP contribution < -0.4 is 15.5 Å². The summed E-state index contributed by atoms with van der Waals surface area (Å²) in [6, 6.07) is 10.6. The second-order valence-electron chi connectivity index (χ2n) is 9.02. The van der Waals surface area contributed by atoms with Gasteiger partial charge in [0.15, 0.2) is 0 Å². The lowest BCUT2D eigenvalue weighted by Gasteiger charge is -2.29. The molecular formula is C26H29ClN4O4. The molecule has 9 heteroatoms. The van der Waals surface area contributed by atoms with Crippen LogP contribution in [-0.2, 0) is 27.5 Å². The molecule has 2 aromatic rings. The number of piperidine rings is 1. The Labute approximate surface area is 209 Å². The molecule has 2 N–H and O–H groups in total. The Balaban J connectivity index is 1.37. The highest BCUT2D eigenvalue weighted by Crippen LogP contribution is 2.28. The maximum Gasteiger partial charge on any atom is 0.255 e. The van der Waals surface area contributed by atoms with Crippen LogP contribution in [0.5, 0.6) is 0 Å². The van der Waals surface area contributed by atoms with Gasteiger partial charge in [0.2, 0.25) is 17.7 Å². The highest BCUT2D eigenvalue weighted by atomic mass is 35.5. The molecule has 1 saturated heterocycles. The first-order chi connectivity index (χ1) is 16.8. The highest BCUT2D eigenvalue weighted by molar-refractivity contribution is 6.31. The van der Waals surface area contributed by atoms with Crippen molar-refractivity contribution in [1.29, 1.82) is 0 Å². The van der Waals surface area contributed by atoms with Crippen LogP contribution in [0.2, 0.25) is 5.02 Å². The fourth-order valence-electron chi connectivity index (χ4n) is 4.52. The first-order valence-corrected chi connectivity index (χ1v) is 12.2. The summed E-state index contributed by atoms with van der Waals surface area (Å²) in [6.07, 6.45) is 1.44. The van der Waals surface area contributed by atoms with E-state index in [1.165, 1.54) is 4.90 Å². The lowest BCUT2D eigenvalue weighted by molar-refractivity contribution is -0.137. The molecule has 1 atom stereocenters. The number of halogens is 1. The van der Waals surface area contributed by atoms with Crippen molar-refractivity contribution in [3.8, 4) is 0 Å². The van der Waals surface area contributed by atoms with Crippen molar-refractivity contribution in [3.63, 3.8) is 0 Å². The molecule has 2 aliphatic heterocycles. The number of nitrogens with one attached hydrogen (secondary N) is 2. The van der Waals surface area contributed by atoms with Crippen LogP contribution in [0.15, 0.2) is 36.4 Å². The van der Waals surface area contributed by atoms with E-state index in [1.807, 2.05) is 42.2 Å². The molecule has 2 heterocycles. The van der Waals surface area contributed by atoms with Crippen LogP contribution in [0.3, 0.4) is 0 Å². The van der Waals surface area contributed by atoms with E-state index in [2.05, 4.69) is 17.6 Å². The number of nitrogens with zero attached hydrogens (tertiary/aromatic N) is 2. The third kappa shape index (κ3) is 5.48. The molecule has 8 nitrogen and oxygen atoms in total. The predicted molar refractivity (Wildman–Crippen MR) is 133 cm³/mol. The summed E-state index contributed by atoms with van der Waals surface area (Å²) in [6.45, 7) is 5.57. The first kappa shape index (κ1) is 24.7. The van der Waals surface area contributed by atoms with Crippen molar-refractivity contribution in [1.82, 2.24) is 15.5 Å². The van der Waals surface area contributed by atoms with E-state index in [0.717, 1.165) is 35.3 Å². The summed E-state index contributed by atoms with van der Waals surface area (Å²) in [5.41, 5.74) is 4.13. The zero-order valence-electron chi connectivity index (χ0n) is 19.9. The molecular weight excluding hydrogens is 468 g/mol. The quantitative estimate of drug-likeness (QED) is 0.547. The smallest absolute Gasteiger partial charge is 0.255 e. The third-order valence-electron chi connectivity index (χ3n) is 6.43. The van der Waals surface area contributed by atoms with Crippen molar-refractivity contribution in [2.45, 2.75) is 52.2 Å². The molecule has 1 fully saturated rings. The highest BCUT2D eigenvalue weighted by Gasteiger charge is 2.39. The Kier molecular flexibility index (Phi) is 7.40. The number of aryl methyl sites for hydroxylation is 1. The van der Waals surface area contributed by atoms with E-state index in [9.17, 15) is 19.2 Å². The fourth-order valence-corrected chi connectivity index (χ4v) is 4.69. The molecule has 4 amide bonds. The first-order valence-electron chi connectivity index (χ1n) is 11.8. The van der Waals surface area contributed by atoms with Gasteiger partial charge in [-0.15, -0.1) is 0 Å². The van der Waals surface area contributed by atoms with Crippen LogP contribution >= 0.6 is 11.6 Å². The molecule has 0 saturated carbocycles. The minimum atomic E-state index is -0.643. The molecule has 0 aliphatic carbocycles. The summed E-state index contributed by atoms with van der Waals surface area (Å²) in [5.74, 6) is -1.06. The van der Waals surface area contributed by atoms with Gasteiger partial charge in [-0.2, -0.15) is 0 Å². The zero-order valence-corrected chi connectivity index (χ0v) is 20.7. The van der Waals surface area contributed by atoms with Crippen molar-refractivity contribution in [3.05, 3.63) is 63.7 Å². The average molecular weight is 497 g/mol. The third-order valence-corrected chi connectivity index (χ3v) is 6.83. The summed E-state index contributed by atoms with van der Waals surface area (Å²) in [5, 5.41) is 5.94. The van der Waals surface area contributed by atoms with Gasteiger partial charge in [0.05, 0.1) is 6.54 Å². The fraction of sp³-hybridized carbons (Fsp3) is 0.385. The van der Waals surface area contributed by atoms with E-state index >= 15 is 0 Å². The SMILES string of the molecule is CCCN(CC(=O)NCc1ccc2c(c1)CN(C1CCC(=O)NC1=O)C2=O)c1ccc(C)c(Cl)c1. The maximum atomic E-state index is 12.8. The van der Waals surface area contributed by atoms with Gasteiger partial charge in [-0.05, 0) is 54.7 Å². The molecule has 0 radical (unpaired) electrons. The number of hydrogen-bond acceptors (Lipinski definition) is 5. The minimum absolute atomic E-state index is 0.114. The van der Waals surface area contributed by atoms with Crippen LogP contribution in [0.4, 0.5) is 5.69 Å². The Bertz CT molecular complexity index is 1180. The van der Waals surface area contributed by atoms with E-state index in [1.54, 1.807) is 6.07 Å². The van der Waals surface area contributed by atoms with Gasteiger partial charge in [0.25, 0.3) is 5.91 Å². The van der Waals surface area contributed by atoms with Gasteiger partial charge in [0, 0.05) is 42.3 Å². The normalized spacial score (nSPS) is 17.3. The van der Waals surface area contributed by atoms with Gasteiger partial charge in [-0.3, -0.25) is 24.5 Å². The lowest BCUT2D eigenvalue weighted by atomic mass is 10.0. The van der Waals surface area contributed by atoms with Crippen molar-refractivity contribution >= 4 is 40.9 Å². The van der Waals surface area contributed by atoms with Crippen molar-refractivity contribution in [2.24, 2.45) is 0 Å². The lowest BCUT2D eigenvalue weighted by Crippen LogP contribution is -2.52. The number of imide groups is 1. The van der Waals surface area contributed by atoms with Gasteiger partial charge < -0.3 is 15.1 Å². The Morgan fingerprint density at radius 3 is 2.71 bits per heavy atom. The number of benzene rings is 2. The standard InChI is InChI=1S/C26H29ClN4O4/c1-3-10-30(19-6-4-16(2)21(27)12-19)15-24(33)28-13-17-5-7-20-18(11-17)14-31(26(20)35)22-8-9-23(32)29-25(22)34/h4-7,11-12,22H,3,8-10,13-15H2,1-2H3,(H,28,33)(H,29,32,34). The number of fused-ring (bicyclic) bond motifs is 1. The van der Waals surface area contributed by atoms with Crippen molar-refractivity contribution in [2.75, 3.05) is 18.0 Å². The van der Waals surface area contributed by atoms with Crippen molar-refractivity contribution < 1.29 is 19.2 Å². The van der Waals surface area contributed by atoms with Gasteiger partial charge in [0.1, 0.15) is 6.04 Å². The number of amides is 4. The summed E-state index contributed by atoms with van der Waals surface area (Å²) in [7, 11) is 0. The molecule has 2 aromatic carbocycles. The molecule has 1 unspecified atom stereocenters. The Morgan fingerprint density at radius 2 is 2.00 bits per heavy atom. The number of carbonyl (C=O) groups excluding carboxylic acids is 4. The minimum Gasteiger partial charge on any atom is -0.362 e. The maximum absolute atomic E-state index is 12.8. The second-order valence-corrected chi connectivity index (χ2v) is 9.43.